The van der Waals surface area contributed by atoms with Gasteiger partial charge in [0.15, 0.2) is 0 Å². The zero-order valence-electron chi connectivity index (χ0n) is 8.63. The molecule has 0 heterocycles. The van der Waals surface area contributed by atoms with E-state index in [1.807, 2.05) is 0 Å². The number of hydrogen-bond donors (Lipinski definition) is 0. The first kappa shape index (κ1) is 17.8. The maximum Gasteiger partial charge on any atom is 0 e. The summed E-state index contributed by atoms with van der Waals surface area (Å²) < 4.78 is 0. The van der Waals surface area contributed by atoms with Crippen molar-refractivity contribution in [3.63, 3.8) is 0 Å². The van der Waals surface area contributed by atoms with Crippen molar-refractivity contribution in [3.05, 3.63) is 41.5 Å². The molecule has 1 aromatic carbocycles. The molecule has 2 rings (SSSR count). The fraction of sp³-hybridized carbons (Fsp3) is 0.333. The Kier molecular flexibility index (Phi) is 10.1. The van der Waals surface area contributed by atoms with Crippen LogP contribution in [0.2, 0.25) is 0 Å². The zero-order valence-corrected chi connectivity index (χ0v) is 13.7. The molecule has 15 heavy (non-hydrogen) atoms. The summed E-state index contributed by atoms with van der Waals surface area (Å²) in [6.07, 6.45) is 7.98. The van der Waals surface area contributed by atoms with Crippen molar-refractivity contribution in [3.8, 4) is 0 Å². The monoisotopic (exact) mass is 407 g/mol. The van der Waals surface area contributed by atoms with Crippen LogP contribution >= 0.6 is 0 Å². The normalized spacial score (nSPS) is 15.7. The first-order valence-corrected chi connectivity index (χ1v) is 4.60. The maximum absolute atomic E-state index is 3.40. The van der Waals surface area contributed by atoms with E-state index in [4.69, 9.17) is 0 Å². The average Bonchev–Trinajstić information content (AvgIpc) is 2.50. The molecule has 0 saturated heterocycles. The van der Waals surface area contributed by atoms with Gasteiger partial charge in [-0.15, -0.1) is 11.6 Å². The Bertz CT molecular complexity index is 310. The van der Waals surface area contributed by atoms with Crippen LogP contribution < -0.4 is 24.8 Å². The van der Waals surface area contributed by atoms with Crippen LogP contribution in [0.5, 0.6) is 0 Å². The first-order valence-electron chi connectivity index (χ1n) is 4.60. The Morgan fingerprint density at radius 1 is 1.20 bits per heavy atom. The Morgan fingerprint density at radius 2 is 1.87 bits per heavy atom. The number of hydrogen-bond acceptors (Lipinski definition) is 0. The predicted octanol–water partition coefficient (Wildman–Crippen LogP) is -2.59. The van der Waals surface area contributed by atoms with E-state index < -0.39 is 0 Å². The fourth-order valence-corrected chi connectivity index (χ4v) is 1.77. The summed E-state index contributed by atoms with van der Waals surface area (Å²) in [6, 6.07) is 8.58. The number of benzene rings is 1. The number of fused-ring (bicyclic) bond motifs is 1. The molecule has 0 aromatic heterocycles. The second-order valence-corrected chi connectivity index (χ2v) is 3.28. The Labute approximate surface area is 123 Å². The molecular weight excluding hydrogens is 394 g/mol. The summed E-state index contributed by atoms with van der Waals surface area (Å²) in [5.74, 6) is 0.561. The van der Waals surface area contributed by atoms with Crippen LogP contribution in [0.4, 0.5) is 0 Å². The van der Waals surface area contributed by atoms with Gasteiger partial charge in [0.1, 0.15) is 0 Å². The number of allylic oxidation sites excluding steroid dienone is 1. The van der Waals surface area contributed by atoms with Crippen molar-refractivity contribution in [2.24, 2.45) is 0 Å². The van der Waals surface area contributed by atoms with Crippen molar-refractivity contribution >= 4 is 6.08 Å². The minimum Gasteiger partial charge on any atom is -1.00 e. The average molecular weight is 407 g/mol. The van der Waals surface area contributed by atoms with E-state index in [-0.39, 0.29) is 50.7 Å². The van der Waals surface area contributed by atoms with Crippen molar-refractivity contribution in [1.82, 2.24) is 0 Å². The van der Waals surface area contributed by atoms with Crippen LogP contribution in [0.1, 0.15) is 36.8 Å². The third kappa shape index (κ3) is 4.05. The maximum atomic E-state index is 3.40. The van der Waals surface area contributed by atoms with E-state index in [1.165, 1.54) is 24.0 Å². The molecule has 0 fully saturated rings. The molecule has 1 unspecified atom stereocenters. The predicted molar refractivity (Wildman–Crippen MR) is 51.8 cm³/mol. The van der Waals surface area contributed by atoms with Gasteiger partial charge in [0.2, 0.25) is 0 Å². The van der Waals surface area contributed by atoms with Gasteiger partial charge in [0, 0.05) is 25.8 Å². The molecule has 1 aliphatic carbocycles. The van der Waals surface area contributed by atoms with Crippen LogP contribution in [0.3, 0.4) is 0 Å². The van der Waals surface area contributed by atoms with Gasteiger partial charge in [-0.2, -0.15) is 5.56 Å². The second-order valence-electron chi connectivity index (χ2n) is 3.28. The van der Waals surface area contributed by atoms with E-state index in [0.717, 1.165) is 0 Å². The summed E-state index contributed by atoms with van der Waals surface area (Å²) >= 11 is 0. The van der Waals surface area contributed by atoms with E-state index in [2.05, 4.69) is 43.3 Å². The number of halogens is 2. The molecule has 0 spiro atoms. The van der Waals surface area contributed by atoms with Gasteiger partial charge in [0.05, 0.1) is 0 Å². The van der Waals surface area contributed by atoms with Gasteiger partial charge in [-0.05, 0) is 0 Å². The fourth-order valence-electron chi connectivity index (χ4n) is 1.77. The Balaban J connectivity index is 0. The van der Waals surface area contributed by atoms with Gasteiger partial charge < -0.3 is 24.8 Å². The van der Waals surface area contributed by atoms with Gasteiger partial charge in [0.25, 0.3) is 0 Å². The molecule has 0 saturated carbocycles. The van der Waals surface area contributed by atoms with E-state index in [1.54, 1.807) is 0 Å². The van der Waals surface area contributed by atoms with Crippen molar-refractivity contribution in [2.75, 3.05) is 0 Å². The van der Waals surface area contributed by atoms with Crippen LogP contribution in [0, 0.1) is 6.08 Å². The van der Waals surface area contributed by atoms with Crippen LogP contribution in [-0.2, 0) is 25.8 Å². The van der Waals surface area contributed by atoms with Crippen molar-refractivity contribution in [1.29, 1.82) is 0 Å². The molecule has 1 aromatic rings. The standard InChI is InChI=1S/C12H13.2ClH.Hf/c1-2-5-10-8-9-11-6-3-4-7-12(10)11;;;/h3-4,6-7,9-10H,2,5H2,1H3;2*1H;/q-1;;;/p-2. The second kappa shape index (κ2) is 8.55. The van der Waals surface area contributed by atoms with Crippen LogP contribution in [0.25, 0.3) is 6.08 Å². The molecule has 1 atom stereocenters. The minimum atomic E-state index is 0. The summed E-state index contributed by atoms with van der Waals surface area (Å²) in [7, 11) is 0. The summed E-state index contributed by atoms with van der Waals surface area (Å²) in [5, 5.41) is 0. The molecule has 0 amide bonds. The topological polar surface area (TPSA) is 0 Å². The third-order valence-corrected chi connectivity index (χ3v) is 2.39. The van der Waals surface area contributed by atoms with Crippen molar-refractivity contribution < 1.29 is 50.7 Å². The first-order chi connectivity index (χ1) is 5.92. The molecule has 3 heteroatoms. The molecule has 0 aliphatic heterocycles. The molecule has 0 nitrogen and oxygen atoms in total. The van der Waals surface area contributed by atoms with E-state index in [0.29, 0.717) is 5.92 Å². The minimum absolute atomic E-state index is 0. The van der Waals surface area contributed by atoms with Gasteiger partial charge >= 0.3 is 0 Å². The van der Waals surface area contributed by atoms with Gasteiger partial charge in [-0.3, -0.25) is 6.08 Å². The van der Waals surface area contributed by atoms with Crippen LogP contribution in [0.15, 0.2) is 24.3 Å². The quantitative estimate of drug-likeness (QED) is 0.374. The molecular formula is C12H13Cl2Hf-3. The Hall–Kier alpha value is 0.410. The SMILES string of the molecule is CCCC1[C-]=Cc2ccccc21.[Cl-].[Cl-].[Hf]. The number of rotatable bonds is 2. The zero-order chi connectivity index (χ0) is 8.39. The van der Waals surface area contributed by atoms with E-state index >= 15 is 0 Å². The van der Waals surface area contributed by atoms with E-state index in [9.17, 15) is 0 Å². The summed E-state index contributed by atoms with van der Waals surface area (Å²) in [5.41, 5.74) is 2.82. The molecule has 0 bridgehead atoms. The van der Waals surface area contributed by atoms with Crippen LogP contribution in [-0.4, -0.2) is 0 Å². The summed E-state index contributed by atoms with van der Waals surface area (Å²) in [6.45, 7) is 2.22. The van der Waals surface area contributed by atoms with Gasteiger partial charge in [-0.25, -0.2) is 6.08 Å². The van der Waals surface area contributed by atoms with Crippen molar-refractivity contribution in [2.45, 2.75) is 25.7 Å². The summed E-state index contributed by atoms with van der Waals surface area (Å²) in [4.78, 5) is 0. The molecule has 0 N–H and O–H groups in total. The van der Waals surface area contributed by atoms with Gasteiger partial charge in [-0.1, -0.05) is 43.9 Å². The molecule has 1 aliphatic rings. The third-order valence-electron chi connectivity index (χ3n) is 2.39. The Morgan fingerprint density at radius 3 is 2.53 bits per heavy atom. The molecule has 82 valence electrons. The molecule has 0 radical (unpaired) electrons. The smallest absolute Gasteiger partial charge is 0 e. The largest absolute Gasteiger partial charge is 1.00 e.